The van der Waals surface area contributed by atoms with Crippen molar-refractivity contribution in [2.75, 3.05) is 33.9 Å². The number of hydrogen-bond acceptors (Lipinski definition) is 4. The fraction of sp³-hybridized carbons (Fsp3) is 0.381. The van der Waals surface area contributed by atoms with Crippen LogP contribution in [0.5, 0.6) is 17.2 Å². The first kappa shape index (κ1) is 20.4. The maximum atomic E-state index is 5.73. The van der Waals surface area contributed by atoms with Crippen molar-refractivity contribution < 1.29 is 14.2 Å². The highest BCUT2D eigenvalue weighted by Crippen LogP contribution is 2.27. The second-order valence-corrected chi connectivity index (χ2v) is 5.97. The number of ether oxygens (including phenoxy) is 3. The Balaban J connectivity index is 1.87. The SMILES string of the molecule is CCNC(=NCc1ccc(OC)c(OC)c1)NCCOc1ccc(C)cc1. The van der Waals surface area contributed by atoms with E-state index < -0.39 is 0 Å². The van der Waals surface area contributed by atoms with Crippen LogP contribution in [0.1, 0.15) is 18.1 Å². The Morgan fingerprint density at radius 2 is 1.70 bits per heavy atom. The van der Waals surface area contributed by atoms with Gasteiger partial charge in [-0.1, -0.05) is 23.8 Å². The smallest absolute Gasteiger partial charge is 0.191 e. The van der Waals surface area contributed by atoms with Crippen LogP contribution >= 0.6 is 0 Å². The molecule has 0 aromatic heterocycles. The molecule has 6 heteroatoms. The second kappa shape index (κ2) is 11.0. The van der Waals surface area contributed by atoms with Gasteiger partial charge in [0.25, 0.3) is 0 Å². The first-order valence-corrected chi connectivity index (χ1v) is 9.08. The van der Waals surface area contributed by atoms with Crippen molar-refractivity contribution in [2.24, 2.45) is 4.99 Å². The molecule has 146 valence electrons. The summed E-state index contributed by atoms with van der Waals surface area (Å²) in [7, 11) is 3.26. The van der Waals surface area contributed by atoms with Crippen molar-refractivity contribution in [3.8, 4) is 17.2 Å². The molecule has 0 saturated heterocycles. The molecule has 0 fully saturated rings. The van der Waals surface area contributed by atoms with E-state index in [1.807, 2.05) is 49.4 Å². The molecule has 27 heavy (non-hydrogen) atoms. The molecule has 0 unspecified atom stereocenters. The van der Waals surface area contributed by atoms with Crippen LogP contribution in [0.15, 0.2) is 47.5 Å². The molecule has 2 aromatic rings. The largest absolute Gasteiger partial charge is 0.493 e. The van der Waals surface area contributed by atoms with E-state index in [1.165, 1.54) is 5.56 Å². The zero-order valence-electron chi connectivity index (χ0n) is 16.5. The minimum atomic E-state index is 0.536. The number of methoxy groups -OCH3 is 2. The summed E-state index contributed by atoms with van der Waals surface area (Å²) >= 11 is 0. The molecule has 2 N–H and O–H groups in total. The molecule has 2 aromatic carbocycles. The van der Waals surface area contributed by atoms with Gasteiger partial charge in [-0.05, 0) is 43.7 Å². The van der Waals surface area contributed by atoms with Gasteiger partial charge in [-0.25, -0.2) is 4.99 Å². The van der Waals surface area contributed by atoms with Crippen molar-refractivity contribution >= 4 is 5.96 Å². The average molecular weight is 371 g/mol. The molecule has 0 saturated carbocycles. The lowest BCUT2D eigenvalue weighted by Crippen LogP contribution is -2.39. The van der Waals surface area contributed by atoms with E-state index in [2.05, 4.69) is 22.5 Å². The van der Waals surface area contributed by atoms with Crippen molar-refractivity contribution in [2.45, 2.75) is 20.4 Å². The molecule has 2 rings (SSSR count). The first-order chi connectivity index (χ1) is 13.2. The minimum Gasteiger partial charge on any atom is -0.493 e. The van der Waals surface area contributed by atoms with Gasteiger partial charge in [-0.15, -0.1) is 0 Å². The number of nitrogens with zero attached hydrogens (tertiary/aromatic N) is 1. The predicted octanol–water partition coefficient (Wildman–Crippen LogP) is 3.15. The molecular formula is C21H29N3O3. The highest BCUT2D eigenvalue weighted by Gasteiger charge is 2.05. The van der Waals surface area contributed by atoms with Crippen molar-refractivity contribution in [1.82, 2.24) is 10.6 Å². The van der Waals surface area contributed by atoms with E-state index in [1.54, 1.807) is 14.2 Å². The summed E-state index contributed by atoms with van der Waals surface area (Å²) < 4.78 is 16.3. The van der Waals surface area contributed by atoms with Crippen LogP contribution in [0.3, 0.4) is 0 Å². The number of hydrogen-bond donors (Lipinski definition) is 2. The van der Waals surface area contributed by atoms with Crippen molar-refractivity contribution in [3.63, 3.8) is 0 Å². The van der Waals surface area contributed by atoms with Gasteiger partial charge in [0.1, 0.15) is 12.4 Å². The summed E-state index contributed by atoms with van der Waals surface area (Å²) in [5.74, 6) is 3.03. The number of aryl methyl sites for hydroxylation is 1. The van der Waals surface area contributed by atoms with Gasteiger partial charge in [0.2, 0.25) is 0 Å². The lowest BCUT2D eigenvalue weighted by Gasteiger charge is -2.13. The lowest BCUT2D eigenvalue weighted by atomic mass is 10.2. The maximum Gasteiger partial charge on any atom is 0.191 e. The van der Waals surface area contributed by atoms with Crippen molar-refractivity contribution in [3.05, 3.63) is 53.6 Å². The van der Waals surface area contributed by atoms with Crippen LogP contribution in [0.25, 0.3) is 0 Å². The van der Waals surface area contributed by atoms with E-state index in [0.29, 0.717) is 31.2 Å². The van der Waals surface area contributed by atoms with Crippen LogP contribution in [0, 0.1) is 6.92 Å². The molecule has 0 bridgehead atoms. The minimum absolute atomic E-state index is 0.536. The monoisotopic (exact) mass is 371 g/mol. The van der Waals surface area contributed by atoms with E-state index in [0.717, 1.165) is 23.8 Å². The zero-order valence-corrected chi connectivity index (χ0v) is 16.5. The number of rotatable bonds is 9. The van der Waals surface area contributed by atoms with Gasteiger partial charge >= 0.3 is 0 Å². The maximum absolute atomic E-state index is 5.73. The Morgan fingerprint density at radius 3 is 2.37 bits per heavy atom. The fourth-order valence-electron chi connectivity index (χ4n) is 2.46. The van der Waals surface area contributed by atoms with Gasteiger partial charge < -0.3 is 24.8 Å². The second-order valence-electron chi connectivity index (χ2n) is 5.97. The Labute approximate surface area is 161 Å². The first-order valence-electron chi connectivity index (χ1n) is 9.08. The Bertz CT molecular complexity index is 730. The highest BCUT2D eigenvalue weighted by atomic mass is 16.5. The number of benzene rings is 2. The van der Waals surface area contributed by atoms with E-state index in [9.17, 15) is 0 Å². The van der Waals surface area contributed by atoms with Crippen LogP contribution in [0.2, 0.25) is 0 Å². The molecule has 6 nitrogen and oxygen atoms in total. The van der Waals surface area contributed by atoms with Gasteiger partial charge in [0.05, 0.1) is 27.3 Å². The van der Waals surface area contributed by atoms with Crippen LogP contribution in [-0.2, 0) is 6.54 Å². The number of guanidine groups is 1. The summed E-state index contributed by atoms with van der Waals surface area (Å²) in [4.78, 5) is 4.61. The summed E-state index contributed by atoms with van der Waals surface area (Å²) in [6.07, 6.45) is 0. The number of nitrogens with one attached hydrogen (secondary N) is 2. The highest BCUT2D eigenvalue weighted by molar-refractivity contribution is 5.79. The Kier molecular flexibility index (Phi) is 8.29. The summed E-state index contributed by atoms with van der Waals surface area (Å²) in [6, 6.07) is 13.8. The summed E-state index contributed by atoms with van der Waals surface area (Å²) in [5, 5.41) is 6.52. The molecule has 0 atom stereocenters. The van der Waals surface area contributed by atoms with Gasteiger partial charge in [-0.2, -0.15) is 0 Å². The van der Waals surface area contributed by atoms with Gasteiger partial charge in [0.15, 0.2) is 17.5 Å². The third kappa shape index (κ3) is 6.73. The molecular weight excluding hydrogens is 342 g/mol. The standard InChI is InChI=1S/C21H29N3O3/c1-5-22-21(23-12-13-27-18-9-6-16(2)7-10-18)24-15-17-8-11-19(25-3)20(14-17)26-4/h6-11,14H,5,12-13,15H2,1-4H3,(H2,22,23,24). The lowest BCUT2D eigenvalue weighted by molar-refractivity contribution is 0.322. The van der Waals surface area contributed by atoms with Gasteiger partial charge in [-0.3, -0.25) is 0 Å². The quantitative estimate of drug-likeness (QED) is 0.403. The Morgan fingerprint density at radius 1 is 0.963 bits per heavy atom. The molecule has 0 heterocycles. The van der Waals surface area contributed by atoms with E-state index in [4.69, 9.17) is 14.2 Å². The molecule has 0 spiro atoms. The molecule has 0 aliphatic rings. The van der Waals surface area contributed by atoms with Crippen LogP contribution in [0.4, 0.5) is 0 Å². The van der Waals surface area contributed by atoms with Gasteiger partial charge in [0, 0.05) is 6.54 Å². The van der Waals surface area contributed by atoms with Crippen LogP contribution < -0.4 is 24.8 Å². The Hall–Kier alpha value is -2.89. The third-order valence-electron chi connectivity index (χ3n) is 3.90. The average Bonchev–Trinajstić information content (AvgIpc) is 2.70. The van der Waals surface area contributed by atoms with E-state index in [-0.39, 0.29) is 0 Å². The molecule has 0 amide bonds. The molecule has 0 radical (unpaired) electrons. The van der Waals surface area contributed by atoms with Crippen LogP contribution in [-0.4, -0.2) is 39.9 Å². The topological polar surface area (TPSA) is 64.1 Å². The molecule has 0 aliphatic carbocycles. The van der Waals surface area contributed by atoms with E-state index >= 15 is 0 Å². The predicted molar refractivity (Wildman–Crippen MR) is 109 cm³/mol. The fourth-order valence-corrected chi connectivity index (χ4v) is 2.46. The summed E-state index contributed by atoms with van der Waals surface area (Å²) in [6.45, 7) is 6.64. The third-order valence-corrected chi connectivity index (χ3v) is 3.90. The van der Waals surface area contributed by atoms with Crippen molar-refractivity contribution in [1.29, 1.82) is 0 Å². The summed E-state index contributed by atoms with van der Waals surface area (Å²) in [5.41, 5.74) is 2.26. The normalized spacial score (nSPS) is 11.0. The number of aliphatic imine (C=N–C) groups is 1. The zero-order chi connectivity index (χ0) is 19.5. The molecule has 0 aliphatic heterocycles.